The summed E-state index contributed by atoms with van der Waals surface area (Å²) in [6, 6.07) is 11.9. The molecule has 2 fully saturated rings. The van der Waals surface area contributed by atoms with Gasteiger partial charge in [0.2, 0.25) is 5.91 Å². The van der Waals surface area contributed by atoms with Crippen molar-refractivity contribution in [1.29, 1.82) is 0 Å². The van der Waals surface area contributed by atoms with Crippen LogP contribution in [0, 0.1) is 5.82 Å². The number of hydrogen-bond donors (Lipinski definition) is 1. The highest BCUT2D eigenvalue weighted by Crippen LogP contribution is 2.26. The molecule has 2 aliphatic heterocycles. The maximum absolute atomic E-state index is 13.6. The fourth-order valence-electron chi connectivity index (χ4n) is 4.32. The molecule has 0 spiro atoms. The molecule has 6 nitrogen and oxygen atoms in total. The van der Waals surface area contributed by atoms with E-state index in [0.29, 0.717) is 49.6 Å². The number of para-hydroxylation sites is 1. The summed E-state index contributed by atoms with van der Waals surface area (Å²) < 4.78 is 19.0. The highest BCUT2D eigenvalue weighted by Gasteiger charge is 2.30. The highest BCUT2D eigenvalue weighted by molar-refractivity contribution is 6.05. The van der Waals surface area contributed by atoms with E-state index in [4.69, 9.17) is 4.74 Å². The second-order valence-corrected chi connectivity index (χ2v) is 7.84. The average Bonchev–Trinajstić information content (AvgIpc) is 3.20. The quantitative estimate of drug-likeness (QED) is 0.810. The van der Waals surface area contributed by atoms with Crippen LogP contribution in [0.3, 0.4) is 0 Å². The summed E-state index contributed by atoms with van der Waals surface area (Å²) >= 11 is 0. The predicted molar refractivity (Wildman–Crippen MR) is 111 cm³/mol. The number of rotatable bonds is 5. The van der Waals surface area contributed by atoms with Crippen molar-refractivity contribution >= 4 is 17.5 Å². The molecule has 0 aromatic heterocycles. The summed E-state index contributed by atoms with van der Waals surface area (Å²) in [7, 11) is 1.59. The lowest BCUT2D eigenvalue weighted by atomic mass is 10.1. The van der Waals surface area contributed by atoms with Crippen molar-refractivity contribution < 1.29 is 23.6 Å². The van der Waals surface area contributed by atoms with Gasteiger partial charge in [-0.2, -0.15) is 0 Å². The smallest absolute Gasteiger partial charge is 0.256 e. The first-order chi connectivity index (χ1) is 14.6. The van der Waals surface area contributed by atoms with E-state index >= 15 is 0 Å². The van der Waals surface area contributed by atoms with Crippen LogP contribution in [0.25, 0.3) is 0 Å². The van der Waals surface area contributed by atoms with Crippen LogP contribution < -0.4 is 14.5 Å². The van der Waals surface area contributed by atoms with Crippen molar-refractivity contribution in [2.24, 2.45) is 0 Å². The largest absolute Gasteiger partial charge is 0.496 e. The third kappa shape index (κ3) is 4.16. The van der Waals surface area contributed by atoms with Crippen LogP contribution in [0.2, 0.25) is 0 Å². The molecule has 2 saturated heterocycles. The average molecular weight is 412 g/mol. The number of quaternary nitrogens is 1. The number of amides is 2. The highest BCUT2D eigenvalue weighted by atomic mass is 19.1. The summed E-state index contributed by atoms with van der Waals surface area (Å²) in [5.74, 6) is 0.458. The lowest BCUT2D eigenvalue weighted by Gasteiger charge is -2.33. The van der Waals surface area contributed by atoms with Crippen molar-refractivity contribution in [3.63, 3.8) is 0 Å². The number of halogens is 1. The minimum Gasteiger partial charge on any atom is -0.496 e. The fourth-order valence-corrected chi connectivity index (χ4v) is 4.32. The molecule has 2 heterocycles. The molecule has 7 heteroatoms. The number of anilines is 1. The van der Waals surface area contributed by atoms with Crippen LogP contribution in [-0.2, 0) is 11.3 Å². The van der Waals surface area contributed by atoms with Gasteiger partial charge in [-0.15, -0.1) is 0 Å². The van der Waals surface area contributed by atoms with Gasteiger partial charge >= 0.3 is 0 Å². The Kier molecular flexibility index (Phi) is 5.99. The molecule has 1 N–H and O–H groups in total. The molecule has 0 atom stereocenters. The second kappa shape index (κ2) is 8.83. The Morgan fingerprint density at radius 1 is 1.13 bits per heavy atom. The van der Waals surface area contributed by atoms with Crippen molar-refractivity contribution in [2.75, 3.05) is 44.7 Å². The van der Waals surface area contributed by atoms with E-state index in [0.717, 1.165) is 25.1 Å². The Labute approximate surface area is 175 Å². The summed E-state index contributed by atoms with van der Waals surface area (Å²) in [4.78, 5) is 30.2. The molecule has 30 heavy (non-hydrogen) atoms. The van der Waals surface area contributed by atoms with Crippen molar-refractivity contribution in [2.45, 2.75) is 19.4 Å². The van der Waals surface area contributed by atoms with Crippen LogP contribution in [0.5, 0.6) is 5.75 Å². The number of benzene rings is 2. The Bertz CT molecular complexity index is 941. The van der Waals surface area contributed by atoms with Gasteiger partial charge in [0.1, 0.15) is 18.1 Å². The number of piperazine rings is 1. The zero-order chi connectivity index (χ0) is 21.1. The van der Waals surface area contributed by atoms with Crippen molar-refractivity contribution in [1.82, 2.24) is 4.90 Å². The summed E-state index contributed by atoms with van der Waals surface area (Å²) in [6.45, 7) is 4.10. The van der Waals surface area contributed by atoms with Gasteiger partial charge in [-0.1, -0.05) is 12.1 Å². The molecule has 2 aromatic carbocycles. The minimum absolute atomic E-state index is 0.0345. The minimum atomic E-state index is -0.271. The second-order valence-electron chi connectivity index (χ2n) is 7.84. The van der Waals surface area contributed by atoms with Gasteiger partial charge < -0.3 is 19.4 Å². The maximum atomic E-state index is 13.6. The van der Waals surface area contributed by atoms with E-state index in [1.807, 2.05) is 23.1 Å². The van der Waals surface area contributed by atoms with Gasteiger partial charge in [-0.25, -0.2) is 4.39 Å². The Hall–Kier alpha value is -2.93. The number of nitrogens with zero attached hydrogens (tertiary/aromatic N) is 2. The summed E-state index contributed by atoms with van der Waals surface area (Å²) in [5, 5.41) is 0. The zero-order valence-corrected chi connectivity index (χ0v) is 17.2. The number of hydrogen-bond acceptors (Lipinski definition) is 3. The van der Waals surface area contributed by atoms with Crippen LogP contribution in [0.15, 0.2) is 42.5 Å². The van der Waals surface area contributed by atoms with E-state index < -0.39 is 0 Å². The van der Waals surface area contributed by atoms with E-state index in [9.17, 15) is 14.0 Å². The molecule has 4 rings (SSSR count). The third-order valence-electron chi connectivity index (χ3n) is 5.94. The SMILES string of the molecule is COc1ccc(F)cc1C[NH+]1CCN(C(=O)c2ccccc2N2CCCC2=O)CC1. The maximum Gasteiger partial charge on any atom is 0.256 e. The normalized spacial score (nSPS) is 17.5. The zero-order valence-electron chi connectivity index (χ0n) is 17.2. The number of nitrogens with one attached hydrogen (secondary N) is 1. The first-order valence-corrected chi connectivity index (χ1v) is 10.4. The summed E-state index contributed by atoms with van der Waals surface area (Å²) in [6.07, 6.45) is 1.36. The Morgan fingerprint density at radius 2 is 1.90 bits per heavy atom. The number of methoxy groups -OCH3 is 1. The van der Waals surface area contributed by atoms with Gasteiger partial charge in [0, 0.05) is 13.0 Å². The van der Waals surface area contributed by atoms with E-state index in [-0.39, 0.29) is 17.6 Å². The van der Waals surface area contributed by atoms with Gasteiger partial charge in [-0.3, -0.25) is 9.59 Å². The Balaban J connectivity index is 1.42. The van der Waals surface area contributed by atoms with Gasteiger partial charge in [-0.05, 0) is 36.8 Å². The molecule has 0 unspecified atom stereocenters. The molecule has 2 aliphatic rings. The topological polar surface area (TPSA) is 54.3 Å². The number of carbonyl (C=O) groups excluding carboxylic acids is 2. The van der Waals surface area contributed by atoms with Gasteiger partial charge in [0.05, 0.1) is 50.1 Å². The van der Waals surface area contributed by atoms with E-state index in [2.05, 4.69) is 0 Å². The molecule has 0 saturated carbocycles. The van der Waals surface area contributed by atoms with Crippen LogP contribution in [-0.4, -0.2) is 56.5 Å². The Morgan fingerprint density at radius 3 is 2.60 bits per heavy atom. The van der Waals surface area contributed by atoms with E-state index in [1.165, 1.54) is 17.0 Å². The first kappa shape index (κ1) is 20.3. The third-order valence-corrected chi connectivity index (χ3v) is 5.94. The van der Waals surface area contributed by atoms with Crippen molar-refractivity contribution in [3.8, 4) is 5.75 Å². The van der Waals surface area contributed by atoms with E-state index in [1.54, 1.807) is 24.1 Å². The molecular weight excluding hydrogens is 385 g/mol. The fraction of sp³-hybridized carbons (Fsp3) is 0.391. The predicted octanol–water partition coefficient (Wildman–Crippen LogP) is 1.50. The molecule has 0 aliphatic carbocycles. The monoisotopic (exact) mass is 412 g/mol. The first-order valence-electron chi connectivity index (χ1n) is 10.4. The molecule has 2 aromatic rings. The lowest BCUT2D eigenvalue weighted by molar-refractivity contribution is -0.917. The van der Waals surface area contributed by atoms with Crippen molar-refractivity contribution in [3.05, 3.63) is 59.4 Å². The number of carbonyl (C=O) groups is 2. The van der Waals surface area contributed by atoms with Gasteiger partial charge in [0.15, 0.2) is 0 Å². The van der Waals surface area contributed by atoms with Crippen LogP contribution in [0.1, 0.15) is 28.8 Å². The molecule has 2 amide bonds. The number of ether oxygens (including phenoxy) is 1. The molecule has 158 valence electrons. The van der Waals surface area contributed by atoms with Gasteiger partial charge in [0.25, 0.3) is 5.91 Å². The molecular formula is C23H27FN3O3+. The standard InChI is InChI=1S/C23H26FN3O3/c1-30-21-9-8-18(24)15-17(21)16-25-11-13-26(14-12-25)23(29)19-5-2-3-6-20(19)27-10-4-7-22(27)28/h2-3,5-6,8-9,15H,4,7,10-14,16H2,1H3/p+1. The van der Waals surface area contributed by atoms with Crippen LogP contribution in [0.4, 0.5) is 10.1 Å². The molecule has 0 radical (unpaired) electrons. The molecule has 0 bridgehead atoms. The summed E-state index contributed by atoms with van der Waals surface area (Å²) in [5.41, 5.74) is 2.14. The lowest BCUT2D eigenvalue weighted by Crippen LogP contribution is -3.13. The van der Waals surface area contributed by atoms with Crippen LogP contribution >= 0.6 is 0 Å².